The van der Waals surface area contributed by atoms with Gasteiger partial charge in [0.25, 0.3) is 20.2 Å². The van der Waals surface area contributed by atoms with E-state index in [1.54, 1.807) is 18.2 Å². The molecule has 0 bridgehead atoms. The molecule has 2 aromatic carbocycles. The molecule has 0 fully saturated rings. The van der Waals surface area contributed by atoms with Crippen molar-refractivity contribution >= 4 is 52.1 Å². The third-order valence-electron chi connectivity index (χ3n) is 2.73. The molecule has 10 heteroatoms. The first-order chi connectivity index (χ1) is 10.0. The zero-order valence-electron chi connectivity index (χ0n) is 10.6. The standard InChI is InChI=1S/C12H8Br2O6S2/c13-9-6-8(7-4-2-1-3-5-7)11(21(15,16)17)12(10(9)14)22(18,19)20/h1-6H,(H,15,16,17)(H,18,19,20). The minimum Gasteiger partial charge on any atom is -0.282 e. The highest BCUT2D eigenvalue weighted by Gasteiger charge is 2.32. The first kappa shape index (κ1) is 17.6. The van der Waals surface area contributed by atoms with E-state index in [9.17, 15) is 25.9 Å². The Bertz CT molecular complexity index is 937. The van der Waals surface area contributed by atoms with Gasteiger partial charge >= 0.3 is 0 Å². The quantitative estimate of drug-likeness (QED) is 0.664. The van der Waals surface area contributed by atoms with E-state index in [1.165, 1.54) is 18.2 Å². The lowest BCUT2D eigenvalue weighted by atomic mass is 10.1. The second-order valence-electron chi connectivity index (χ2n) is 4.19. The van der Waals surface area contributed by atoms with Gasteiger partial charge in [-0.1, -0.05) is 30.3 Å². The van der Waals surface area contributed by atoms with Gasteiger partial charge in [-0.25, -0.2) is 0 Å². The lowest BCUT2D eigenvalue weighted by Gasteiger charge is -2.14. The van der Waals surface area contributed by atoms with Gasteiger partial charge in [-0.2, -0.15) is 16.8 Å². The highest BCUT2D eigenvalue weighted by atomic mass is 79.9. The van der Waals surface area contributed by atoms with Crippen molar-refractivity contribution in [1.29, 1.82) is 0 Å². The van der Waals surface area contributed by atoms with Crippen LogP contribution < -0.4 is 0 Å². The van der Waals surface area contributed by atoms with Crippen LogP contribution in [-0.4, -0.2) is 25.9 Å². The molecule has 0 unspecified atom stereocenters. The molecule has 0 spiro atoms. The van der Waals surface area contributed by atoms with Crippen molar-refractivity contribution in [3.8, 4) is 11.1 Å². The number of halogens is 2. The van der Waals surface area contributed by atoms with Crippen molar-refractivity contribution in [2.45, 2.75) is 9.79 Å². The fraction of sp³-hybridized carbons (Fsp3) is 0. The van der Waals surface area contributed by atoms with Crippen LogP contribution in [0.25, 0.3) is 11.1 Å². The SMILES string of the molecule is O=S(=O)(O)c1c(-c2ccccc2)cc(Br)c(Br)c1S(=O)(=O)O. The molecule has 2 rings (SSSR count). The highest BCUT2D eigenvalue weighted by Crippen LogP contribution is 2.41. The van der Waals surface area contributed by atoms with E-state index in [-0.39, 0.29) is 14.5 Å². The van der Waals surface area contributed by atoms with Gasteiger partial charge in [0.05, 0.1) is 4.47 Å². The fourth-order valence-electron chi connectivity index (χ4n) is 1.90. The Morgan fingerprint density at radius 2 is 1.32 bits per heavy atom. The molecule has 0 aliphatic rings. The molecule has 2 aromatic rings. The molecule has 6 nitrogen and oxygen atoms in total. The number of hydrogen-bond acceptors (Lipinski definition) is 4. The molecular weight excluding hydrogens is 464 g/mol. The maximum Gasteiger partial charge on any atom is 0.297 e. The van der Waals surface area contributed by atoms with Gasteiger partial charge in [-0.3, -0.25) is 9.11 Å². The van der Waals surface area contributed by atoms with Crippen LogP contribution in [0.15, 0.2) is 55.1 Å². The molecule has 0 heterocycles. The normalized spacial score (nSPS) is 12.4. The second-order valence-corrected chi connectivity index (χ2v) is 8.56. The van der Waals surface area contributed by atoms with Gasteiger partial charge < -0.3 is 0 Å². The Morgan fingerprint density at radius 1 is 0.818 bits per heavy atom. The molecule has 22 heavy (non-hydrogen) atoms. The van der Waals surface area contributed by atoms with E-state index >= 15 is 0 Å². The minimum atomic E-state index is -4.92. The summed E-state index contributed by atoms with van der Waals surface area (Å²) >= 11 is 5.99. The van der Waals surface area contributed by atoms with Gasteiger partial charge in [-0.05, 0) is 43.5 Å². The van der Waals surface area contributed by atoms with Gasteiger partial charge in [0.2, 0.25) is 0 Å². The Balaban J connectivity index is 3.08. The third kappa shape index (κ3) is 3.42. The molecule has 0 atom stereocenters. The zero-order valence-corrected chi connectivity index (χ0v) is 15.4. The maximum absolute atomic E-state index is 11.7. The van der Waals surface area contributed by atoms with Gasteiger partial charge in [0, 0.05) is 10.0 Å². The maximum atomic E-state index is 11.7. The first-order valence-electron chi connectivity index (χ1n) is 5.56. The molecule has 0 amide bonds. The predicted molar refractivity (Wildman–Crippen MR) is 86.9 cm³/mol. The van der Waals surface area contributed by atoms with Crippen LogP contribution in [0, 0.1) is 0 Å². The summed E-state index contributed by atoms with van der Waals surface area (Å²) in [6.07, 6.45) is 0. The van der Waals surface area contributed by atoms with Crippen LogP contribution in [0.1, 0.15) is 0 Å². The van der Waals surface area contributed by atoms with Gasteiger partial charge in [-0.15, -0.1) is 0 Å². The van der Waals surface area contributed by atoms with Crippen LogP contribution >= 0.6 is 31.9 Å². The Hall–Kier alpha value is -0.780. The second kappa shape index (κ2) is 6.02. The van der Waals surface area contributed by atoms with Crippen LogP contribution in [0.5, 0.6) is 0 Å². The third-order valence-corrected chi connectivity index (χ3v) is 6.97. The summed E-state index contributed by atoms with van der Waals surface area (Å²) in [5, 5.41) is 0. The molecule has 0 aromatic heterocycles. The van der Waals surface area contributed by atoms with Crippen molar-refractivity contribution in [1.82, 2.24) is 0 Å². The summed E-state index contributed by atoms with van der Waals surface area (Å²) in [6.45, 7) is 0. The van der Waals surface area contributed by atoms with E-state index in [2.05, 4.69) is 31.9 Å². The van der Waals surface area contributed by atoms with E-state index in [4.69, 9.17) is 0 Å². The van der Waals surface area contributed by atoms with Crippen LogP contribution in [0.3, 0.4) is 0 Å². The smallest absolute Gasteiger partial charge is 0.282 e. The summed E-state index contributed by atoms with van der Waals surface area (Å²) in [7, 11) is -9.84. The molecule has 2 N–H and O–H groups in total. The molecule has 0 aliphatic heterocycles. The van der Waals surface area contributed by atoms with Crippen molar-refractivity contribution in [3.63, 3.8) is 0 Å². The average molecular weight is 472 g/mol. The van der Waals surface area contributed by atoms with E-state index in [0.717, 1.165) is 0 Å². The fourth-order valence-corrected chi connectivity index (χ4v) is 5.62. The summed E-state index contributed by atoms with van der Waals surface area (Å²) in [4.78, 5) is -1.82. The van der Waals surface area contributed by atoms with Crippen LogP contribution in [0.4, 0.5) is 0 Å². The molecule has 118 valence electrons. The van der Waals surface area contributed by atoms with Gasteiger partial charge in [0.15, 0.2) is 0 Å². The van der Waals surface area contributed by atoms with Crippen LogP contribution in [0.2, 0.25) is 0 Å². The zero-order chi connectivity index (χ0) is 16.7. The van der Waals surface area contributed by atoms with E-state index in [1.807, 2.05) is 0 Å². The summed E-state index contributed by atoms with van der Waals surface area (Å²) < 4.78 is 65.4. The monoisotopic (exact) mass is 470 g/mol. The first-order valence-corrected chi connectivity index (χ1v) is 10.0. The van der Waals surface area contributed by atoms with Gasteiger partial charge in [0.1, 0.15) is 9.79 Å². The lowest BCUT2D eigenvalue weighted by Crippen LogP contribution is -2.11. The molecule has 0 saturated carbocycles. The Labute approximate surface area is 143 Å². The Morgan fingerprint density at radius 3 is 1.77 bits per heavy atom. The molecule has 0 radical (unpaired) electrons. The predicted octanol–water partition coefficient (Wildman–Crippen LogP) is 3.37. The van der Waals surface area contributed by atoms with Crippen molar-refractivity contribution < 1.29 is 25.9 Å². The topological polar surface area (TPSA) is 109 Å². The largest absolute Gasteiger partial charge is 0.297 e. The van der Waals surface area contributed by atoms with Crippen LogP contribution in [-0.2, 0) is 20.2 Å². The average Bonchev–Trinajstić information content (AvgIpc) is 2.39. The minimum absolute atomic E-state index is 0.0641. The summed E-state index contributed by atoms with van der Waals surface area (Å²) in [6, 6.07) is 9.33. The van der Waals surface area contributed by atoms with Crippen molar-refractivity contribution in [3.05, 3.63) is 45.3 Å². The molecule has 0 aliphatic carbocycles. The van der Waals surface area contributed by atoms with E-state index in [0.29, 0.717) is 5.56 Å². The Kier molecular flexibility index (Phi) is 4.81. The summed E-state index contributed by atoms with van der Waals surface area (Å²) in [5.74, 6) is 0. The highest BCUT2D eigenvalue weighted by molar-refractivity contribution is 9.13. The van der Waals surface area contributed by atoms with Crippen molar-refractivity contribution in [2.75, 3.05) is 0 Å². The summed E-state index contributed by atoms with van der Waals surface area (Å²) in [5.41, 5.74) is 0.291. The number of hydrogen-bond donors (Lipinski definition) is 2. The van der Waals surface area contributed by atoms with E-state index < -0.39 is 30.0 Å². The lowest BCUT2D eigenvalue weighted by molar-refractivity contribution is 0.466. The number of benzene rings is 2. The number of rotatable bonds is 3. The molecular formula is C12H8Br2O6S2. The van der Waals surface area contributed by atoms with Crippen molar-refractivity contribution in [2.24, 2.45) is 0 Å². The molecule has 0 saturated heterocycles.